The van der Waals surface area contributed by atoms with Crippen molar-refractivity contribution < 1.29 is 4.79 Å². The van der Waals surface area contributed by atoms with E-state index in [9.17, 15) is 4.79 Å². The lowest BCUT2D eigenvalue weighted by atomic mass is 10.2. The smallest absolute Gasteiger partial charge is 0.121 e. The van der Waals surface area contributed by atoms with E-state index in [0.717, 1.165) is 45.6 Å². The standard InChI is InChI=1S/C14H20N2O/c17-12-4-7-15-8-10-16(11-9-15)13-14-5-2-1-3-6-14/h1-3,5-6,12H,4,7-11,13H2. The number of carbonyl (C=O) groups excluding carboxylic acids is 1. The van der Waals surface area contributed by atoms with Crippen LogP contribution < -0.4 is 0 Å². The zero-order valence-corrected chi connectivity index (χ0v) is 10.2. The van der Waals surface area contributed by atoms with Gasteiger partial charge in [0.05, 0.1) is 0 Å². The van der Waals surface area contributed by atoms with Gasteiger partial charge in [-0.05, 0) is 5.56 Å². The Hall–Kier alpha value is -1.19. The molecule has 92 valence electrons. The van der Waals surface area contributed by atoms with Gasteiger partial charge in [0.1, 0.15) is 6.29 Å². The van der Waals surface area contributed by atoms with Gasteiger partial charge >= 0.3 is 0 Å². The van der Waals surface area contributed by atoms with Crippen LogP contribution in [-0.4, -0.2) is 48.8 Å². The van der Waals surface area contributed by atoms with Gasteiger partial charge in [0.2, 0.25) is 0 Å². The van der Waals surface area contributed by atoms with Crippen LogP contribution in [0.15, 0.2) is 30.3 Å². The molecular weight excluding hydrogens is 212 g/mol. The van der Waals surface area contributed by atoms with Crippen LogP contribution in [0.2, 0.25) is 0 Å². The number of rotatable bonds is 5. The minimum atomic E-state index is 0.665. The van der Waals surface area contributed by atoms with Crippen molar-refractivity contribution in [3.05, 3.63) is 35.9 Å². The zero-order valence-electron chi connectivity index (χ0n) is 10.2. The summed E-state index contributed by atoms with van der Waals surface area (Å²) in [6.45, 7) is 6.34. The molecule has 0 radical (unpaired) electrons. The molecule has 1 fully saturated rings. The van der Waals surface area contributed by atoms with Crippen LogP contribution in [0.3, 0.4) is 0 Å². The van der Waals surface area contributed by atoms with Gasteiger partial charge in [-0.1, -0.05) is 30.3 Å². The maximum absolute atomic E-state index is 10.3. The van der Waals surface area contributed by atoms with E-state index in [4.69, 9.17) is 0 Å². The van der Waals surface area contributed by atoms with Crippen LogP contribution in [0, 0.1) is 0 Å². The number of nitrogens with zero attached hydrogens (tertiary/aromatic N) is 2. The van der Waals surface area contributed by atoms with Crippen LogP contribution in [0.4, 0.5) is 0 Å². The summed E-state index contributed by atoms with van der Waals surface area (Å²) in [5, 5.41) is 0. The molecule has 3 heteroatoms. The molecule has 0 aromatic heterocycles. The molecule has 0 aliphatic carbocycles. The molecule has 1 saturated heterocycles. The SMILES string of the molecule is O=CCCN1CCN(Cc2ccccc2)CC1. The quantitative estimate of drug-likeness (QED) is 0.717. The minimum absolute atomic E-state index is 0.665. The predicted octanol–water partition coefficient (Wildman–Crippen LogP) is 1.39. The second-order valence-electron chi connectivity index (χ2n) is 4.56. The largest absolute Gasteiger partial charge is 0.303 e. The van der Waals surface area contributed by atoms with E-state index in [1.807, 2.05) is 0 Å². The van der Waals surface area contributed by atoms with Crippen molar-refractivity contribution in [3.8, 4) is 0 Å². The highest BCUT2D eigenvalue weighted by Gasteiger charge is 2.15. The molecule has 0 saturated carbocycles. The first-order valence-corrected chi connectivity index (χ1v) is 6.31. The van der Waals surface area contributed by atoms with E-state index >= 15 is 0 Å². The Morgan fingerprint density at radius 1 is 1.00 bits per heavy atom. The van der Waals surface area contributed by atoms with Gasteiger partial charge in [0, 0.05) is 45.7 Å². The Kier molecular flexibility index (Phi) is 4.71. The third-order valence-corrected chi connectivity index (χ3v) is 3.28. The van der Waals surface area contributed by atoms with E-state index in [0.29, 0.717) is 6.42 Å². The lowest BCUT2D eigenvalue weighted by Crippen LogP contribution is -2.46. The van der Waals surface area contributed by atoms with Crippen molar-refractivity contribution in [2.75, 3.05) is 32.7 Å². The topological polar surface area (TPSA) is 23.6 Å². The van der Waals surface area contributed by atoms with Crippen molar-refractivity contribution in [1.29, 1.82) is 0 Å². The molecule has 0 atom stereocenters. The zero-order chi connectivity index (χ0) is 11.9. The molecule has 2 rings (SSSR count). The fourth-order valence-electron chi connectivity index (χ4n) is 2.25. The number of hydrogen-bond donors (Lipinski definition) is 0. The molecule has 0 unspecified atom stereocenters. The van der Waals surface area contributed by atoms with Crippen LogP contribution in [0.25, 0.3) is 0 Å². The molecule has 1 aliphatic heterocycles. The molecule has 0 bridgehead atoms. The highest BCUT2D eigenvalue weighted by atomic mass is 16.1. The van der Waals surface area contributed by atoms with Gasteiger partial charge in [-0.2, -0.15) is 0 Å². The van der Waals surface area contributed by atoms with E-state index in [2.05, 4.69) is 40.1 Å². The average molecular weight is 232 g/mol. The Labute approximate surface area is 103 Å². The second-order valence-corrected chi connectivity index (χ2v) is 4.56. The highest BCUT2D eigenvalue weighted by Crippen LogP contribution is 2.08. The summed E-state index contributed by atoms with van der Waals surface area (Å²) in [5.74, 6) is 0. The van der Waals surface area contributed by atoms with E-state index < -0.39 is 0 Å². The van der Waals surface area contributed by atoms with Gasteiger partial charge in [0.25, 0.3) is 0 Å². The summed E-state index contributed by atoms with van der Waals surface area (Å²) < 4.78 is 0. The summed E-state index contributed by atoms with van der Waals surface area (Å²) in [6.07, 6.45) is 1.68. The lowest BCUT2D eigenvalue weighted by Gasteiger charge is -2.34. The third kappa shape index (κ3) is 3.95. The van der Waals surface area contributed by atoms with E-state index in [-0.39, 0.29) is 0 Å². The summed E-state index contributed by atoms with van der Waals surface area (Å²) >= 11 is 0. The van der Waals surface area contributed by atoms with Crippen molar-refractivity contribution in [1.82, 2.24) is 9.80 Å². The minimum Gasteiger partial charge on any atom is -0.303 e. The van der Waals surface area contributed by atoms with Gasteiger partial charge in [-0.3, -0.25) is 4.90 Å². The van der Waals surface area contributed by atoms with Gasteiger partial charge < -0.3 is 9.69 Å². The highest BCUT2D eigenvalue weighted by molar-refractivity contribution is 5.49. The van der Waals surface area contributed by atoms with Crippen molar-refractivity contribution in [2.24, 2.45) is 0 Å². The molecule has 0 N–H and O–H groups in total. The van der Waals surface area contributed by atoms with Crippen LogP contribution in [0.1, 0.15) is 12.0 Å². The Morgan fingerprint density at radius 2 is 1.65 bits per heavy atom. The Balaban J connectivity index is 1.74. The predicted molar refractivity (Wildman–Crippen MR) is 68.8 cm³/mol. The maximum atomic E-state index is 10.3. The first kappa shape index (κ1) is 12.3. The Morgan fingerprint density at radius 3 is 2.29 bits per heavy atom. The van der Waals surface area contributed by atoms with E-state index in [1.54, 1.807) is 0 Å². The van der Waals surface area contributed by atoms with E-state index in [1.165, 1.54) is 5.56 Å². The number of hydrogen-bond acceptors (Lipinski definition) is 3. The molecule has 1 aliphatic rings. The fraction of sp³-hybridized carbons (Fsp3) is 0.500. The summed E-state index contributed by atoms with van der Waals surface area (Å²) in [6, 6.07) is 10.6. The van der Waals surface area contributed by atoms with Gasteiger partial charge in [-0.25, -0.2) is 0 Å². The van der Waals surface area contributed by atoms with Gasteiger partial charge in [0.15, 0.2) is 0 Å². The van der Waals surface area contributed by atoms with Crippen LogP contribution >= 0.6 is 0 Å². The normalized spacial score (nSPS) is 18.1. The number of piperazine rings is 1. The van der Waals surface area contributed by atoms with Crippen molar-refractivity contribution in [3.63, 3.8) is 0 Å². The third-order valence-electron chi connectivity index (χ3n) is 3.28. The molecule has 0 amide bonds. The average Bonchev–Trinajstić information content (AvgIpc) is 2.39. The van der Waals surface area contributed by atoms with Crippen LogP contribution in [-0.2, 0) is 11.3 Å². The molecule has 1 heterocycles. The molecule has 3 nitrogen and oxygen atoms in total. The Bertz CT molecular complexity index is 331. The molecular formula is C14H20N2O. The fourth-order valence-corrected chi connectivity index (χ4v) is 2.25. The summed E-state index contributed by atoms with van der Waals surface area (Å²) in [4.78, 5) is 15.2. The monoisotopic (exact) mass is 232 g/mol. The molecule has 0 spiro atoms. The van der Waals surface area contributed by atoms with Crippen molar-refractivity contribution >= 4 is 6.29 Å². The number of benzene rings is 1. The first-order valence-electron chi connectivity index (χ1n) is 6.31. The number of aldehydes is 1. The van der Waals surface area contributed by atoms with Crippen LogP contribution in [0.5, 0.6) is 0 Å². The molecule has 17 heavy (non-hydrogen) atoms. The maximum Gasteiger partial charge on any atom is 0.121 e. The molecule has 1 aromatic rings. The number of carbonyl (C=O) groups is 1. The molecule has 1 aromatic carbocycles. The van der Waals surface area contributed by atoms with Gasteiger partial charge in [-0.15, -0.1) is 0 Å². The first-order chi connectivity index (χ1) is 8.38. The summed E-state index contributed by atoms with van der Waals surface area (Å²) in [5.41, 5.74) is 1.38. The van der Waals surface area contributed by atoms with Crippen molar-refractivity contribution in [2.45, 2.75) is 13.0 Å². The summed E-state index contributed by atoms with van der Waals surface area (Å²) in [7, 11) is 0. The lowest BCUT2D eigenvalue weighted by molar-refractivity contribution is -0.108. The second kappa shape index (κ2) is 6.52.